The Kier molecular flexibility index (Phi) is 2.16. The van der Waals surface area contributed by atoms with Gasteiger partial charge in [0.05, 0.1) is 12.0 Å². The molecule has 3 unspecified atom stereocenters. The van der Waals surface area contributed by atoms with Crippen molar-refractivity contribution in [1.82, 2.24) is 5.32 Å². The number of fused-ring (bicyclic) bond motifs is 2. The topological polar surface area (TPSA) is 47.6 Å². The Bertz CT molecular complexity index is 552. The number of carbonyl (C=O) groups is 1. The molecule has 1 aromatic rings. The van der Waals surface area contributed by atoms with Crippen molar-refractivity contribution in [3.63, 3.8) is 0 Å². The molecule has 2 saturated heterocycles. The van der Waals surface area contributed by atoms with Crippen LogP contribution in [0.3, 0.4) is 0 Å². The maximum atomic E-state index is 12.3. The van der Waals surface area contributed by atoms with Gasteiger partial charge in [-0.3, -0.25) is 4.79 Å². The molecule has 0 radical (unpaired) electrons. The zero-order chi connectivity index (χ0) is 13.2. The van der Waals surface area contributed by atoms with Crippen LogP contribution in [0.4, 0.5) is 0 Å². The summed E-state index contributed by atoms with van der Waals surface area (Å²) < 4.78 is 11.4. The molecule has 100 valence electrons. The minimum absolute atomic E-state index is 0.0850. The van der Waals surface area contributed by atoms with Gasteiger partial charge in [-0.25, -0.2) is 0 Å². The van der Waals surface area contributed by atoms with Crippen LogP contribution < -0.4 is 5.32 Å². The van der Waals surface area contributed by atoms with Crippen LogP contribution >= 0.6 is 0 Å². The van der Waals surface area contributed by atoms with Crippen molar-refractivity contribution in [3.05, 3.63) is 35.4 Å². The summed E-state index contributed by atoms with van der Waals surface area (Å²) in [4.78, 5) is 12.3. The lowest BCUT2D eigenvalue weighted by molar-refractivity contribution is -0.413. The zero-order valence-electron chi connectivity index (χ0n) is 11.1. The highest BCUT2D eigenvalue weighted by Crippen LogP contribution is 2.57. The van der Waals surface area contributed by atoms with Gasteiger partial charge < -0.3 is 14.8 Å². The first kappa shape index (κ1) is 11.4. The molecule has 3 heterocycles. The van der Waals surface area contributed by atoms with Crippen LogP contribution in [0.5, 0.6) is 0 Å². The Morgan fingerprint density at radius 2 is 1.95 bits per heavy atom. The van der Waals surface area contributed by atoms with Crippen LogP contribution in [-0.4, -0.2) is 18.5 Å². The average Bonchev–Trinajstić information content (AvgIpc) is 2.35. The molecule has 4 heteroatoms. The predicted octanol–water partition coefficient (Wildman–Crippen LogP) is 2.07. The van der Waals surface area contributed by atoms with Crippen LogP contribution in [0.2, 0.25) is 0 Å². The summed E-state index contributed by atoms with van der Waals surface area (Å²) in [5.74, 6) is -0.0737. The summed E-state index contributed by atoms with van der Waals surface area (Å²) in [5.41, 5.74) is 2.11. The van der Waals surface area contributed by atoms with Gasteiger partial charge in [-0.15, -0.1) is 0 Å². The van der Waals surface area contributed by atoms with Gasteiger partial charge in [0.15, 0.2) is 12.6 Å². The quantitative estimate of drug-likeness (QED) is 0.840. The Labute approximate surface area is 112 Å². The molecule has 4 nitrogen and oxygen atoms in total. The van der Waals surface area contributed by atoms with Crippen LogP contribution in [-0.2, 0) is 14.3 Å². The molecule has 0 saturated carbocycles. The Morgan fingerprint density at radius 3 is 2.63 bits per heavy atom. The molecule has 3 aliphatic heterocycles. The summed E-state index contributed by atoms with van der Waals surface area (Å²) in [5, 5.41) is 3.09. The molecule has 1 aromatic carbocycles. The van der Waals surface area contributed by atoms with E-state index in [-0.39, 0.29) is 35.9 Å². The SMILES string of the molecule is CC1OC(C2(C)CC3NC(=O)C2c2ccccc23)O1. The van der Waals surface area contributed by atoms with Crippen molar-refractivity contribution in [2.24, 2.45) is 5.41 Å². The monoisotopic (exact) mass is 259 g/mol. The summed E-state index contributed by atoms with van der Waals surface area (Å²) >= 11 is 0. The molecule has 3 atom stereocenters. The maximum absolute atomic E-state index is 12.3. The fraction of sp³-hybridized carbons (Fsp3) is 0.533. The third-order valence-corrected chi connectivity index (χ3v) is 4.73. The Morgan fingerprint density at radius 1 is 1.26 bits per heavy atom. The predicted molar refractivity (Wildman–Crippen MR) is 68.2 cm³/mol. The van der Waals surface area contributed by atoms with Crippen molar-refractivity contribution in [1.29, 1.82) is 0 Å². The fourth-order valence-corrected chi connectivity index (χ4v) is 3.84. The number of amides is 1. The van der Waals surface area contributed by atoms with E-state index in [1.165, 1.54) is 5.56 Å². The minimum Gasteiger partial charge on any atom is -0.349 e. The van der Waals surface area contributed by atoms with Gasteiger partial charge in [-0.05, 0) is 24.5 Å². The summed E-state index contributed by atoms with van der Waals surface area (Å²) in [6.45, 7) is 3.99. The standard InChI is InChI=1S/C15H17NO3/c1-8-18-14(19-8)15(2)7-11-9-5-3-4-6-10(9)12(15)13(17)16-11/h3-6,8,11-12,14H,7H2,1-2H3,(H,16,17). The molecular formula is C15H17NO3. The smallest absolute Gasteiger partial charge is 0.228 e. The molecule has 2 bridgehead atoms. The van der Waals surface area contributed by atoms with Gasteiger partial charge in [0.2, 0.25) is 5.91 Å². The number of nitrogens with one attached hydrogen (secondary N) is 1. The molecule has 19 heavy (non-hydrogen) atoms. The molecule has 4 aliphatic rings. The van der Waals surface area contributed by atoms with Crippen molar-refractivity contribution >= 4 is 5.91 Å². The van der Waals surface area contributed by atoms with E-state index in [1.54, 1.807) is 0 Å². The van der Waals surface area contributed by atoms with E-state index in [0.29, 0.717) is 0 Å². The van der Waals surface area contributed by atoms with E-state index in [9.17, 15) is 4.79 Å². The highest BCUT2D eigenvalue weighted by atomic mass is 16.9. The van der Waals surface area contributed by atoms with Crippen LogP contribution in [0, 0.1) is 5.41 Å². The molecule has 1 aliphatic carbocycles. The van der Waals surface area contributed by atoms with E-state index < -0.39 is 0 Å². The second-order valence-corrected chi connectivity index (χ2v) is 6.00. The van der Waals surface area contributed by atoms with E-state index in [4.69, 9.17) is 9.47 Å². The molecular weight excluding hydrogens is 242 g/mol. The van der Waals surface area contributed by atoms with Gasteiger partial charge in [0.25, 0.3) is 0 Å². The number of hydrogen-bond donors (Lipinski definition) is 1. The Balaban J connectivity index is 1.80. The lowest BCUT2D eigenvalue weighted by atomic mass is 9.59. The lowest BCUT2D eigenvalue weighted by Gasteiger charge is -2.55. The van der Waals surface area contributed by atoms with Crippen molar-refractivity contribution in [2.45, 2.75) is 44.8 Å². The van der Waals surface area contributed by atoms with Gasteiger partial charge in [-0.1, -0.05) is 31.2 Å². The first-order valence-electron chi connectivity index (χ1n) is 6.80. The van der Waals surface area contributed by atoms with Gasteiger partial charge in [0.1, 0.15) is 0 Å². The lowest BCUT2D eigenvalue weighted by Crippen LogP contribution is -2.61. The molecule has 1 amide bonds. The normalized spacial score (nSPS) is 43.4. The third-order valence-electron chi connectivity index (χ3n) is 4.73. The number of ether oxygens (including phenoxy) is 2. The zero-order valence-corrected chi connectivity index (χ0v) is 11.1. The highest BCUT2D eigenvalue weighted by molar-refractivity contribution is 5.88. The molecule has 1 N–H and O–H groups in total. The molecule has 5 rings (SSSR count). The fourth-order valence-electron chi connectivity index (χ4n) is 3.84. The number of rotatable bonds is 1. The number of carbonyl (C=O) groups excluding carboxylic acids is 1. The molecule has 0 aromatic heterocycles. The number of benzene rings is 1. The average molecular weight is 259 g/mol. The van der Waals surface area contributed by atoms with Crippen molar-refractivity contribution < 1.29 is 14.3 Å². The second kappa shape index (κ2) is 3.58. The highest BCUT2D eigenvalue weighted by Gasteiger charge is 2.59. The summed E-state index contributed by atoms with van der Waals surface area (Å²) in [7, 11) is 0. The van der Waals surface area contributed by atoms with E-state index in [2.05, 4.69) is 24.4 Å². The van der Waals surface area contributed by atoms with Gasteiger partial charge in [-0.2, -0.15) is 0 Å². The number of piperidine rings is 1. The van der Waals surface area contributed by atoms with Crippen LogP contribution in [0.15, 0.2) is 24.3 Å². The van der Waals surface area contributed by atoms with Crippen LogP contribution in [0.25, 0.3) is 0 Å². The third kappa shape index (κ3) is 1.38. The van der Waals surface area contributed by atoms with E-state index in [1.807, 2.05) is 19.1 Å². The largest absolute Gasteiger partial charge is 0.349 e. The Hall–Kier alpha value is -1.39. The molecule has 0 spiro atoms. The van der Waals surface area contributed by atoms with Crippen LogP contribution in [0.1, 0.15) is 43.4 Å². The number of hydrogen-bond acceptors (Lipinski definition) is 3. The summed E-state index contributed by atoms with van der Waals surface area (Å²) in [6, 6.07) is 8.28. The molecule has 2 fully saturated rings. The van der Waals surface area contributed by atoms with E-state index >= 15 is 0 Å². The second-order valence-electron chi connectivity index (χ2n) is 6.00. The van der Waals surface area contributed by atoms with Gasteiger partial charge >= 0.3 is 0 Å². The first-order chi connectivity index (χ1) is 9.09. The van der Waals surface area contributed by atoms with E-state index in [0.717, 1.165) is 12.0 Å². The van der Waals surface area contributed by atoms with Crippen molar-refractivity contribution in [3.8, 4) is 0 Å². The minimum atomic E-state index is -0.270. The maximum Gasteiger partial charge on any atom is 0.228 e. The summed E-state index contributed by atoms with van der Waals surface area (Å²) in [6.07, 6.45) is 0.452. The van der Waals surface area contributed by atoms with Crippen molar-refractivity contribution in [2.75, 3.05) is 0 Å². The van der Waals surface area contributed by atoms with Gasteiger partial charge in [0, 0.05) is 5.41 Å². The first-order valence-corrected chi connectivity index (χ1v) is 6.80.